The first-order valence-corrected chi connectivity index (χ1v) is 8.79. The smallest absolute Gasteiger partial charge is 0.243 e. The van der Waals surface area contributed by atoms with E-state index in [0.29, 0.717) is 5.82 Å². The molecule has 2 aromatic heterocycles. The summed E-state index contributed by atoms with van der Waals surface area (Å²) in [5.41, 5.74) is 7.68. The van der Waals surface area contributed by atoms with Gasteiger partial charge in [0.25, 0.3) is 0 Å². The Bertz CT molecular complexity index is 1010. The molecule has 0 spiro atoms. The molecule has 3 N–H and O–H groups in total. The van der Waals surface area contributed by atoms with Crippen LogP contribution < -0.4 is 15.8 Å². The Balaban J connectivity index is 1.83. The predicted molar refractivity (Wildman–Crippen MR) is 106 cm³/mol. The minimum Gasteiger partial charge on any atom is -0.481 e. The van der Waals surface area contributed by atoms with Gasteiger partial charge in [-0.15, -0.1) is 11.3 Å². The molecule has 5 nitrogen and oxygen atoms in total. The van der Waals surface area contributed by atoms with E-state index in [4.69, 9.17) is 10.5 Å². The van der Waals surface area contributed by atoms with Crippen molar-refractivity contribution in [2.24, 2.45) is 0 Å². The first kappa shape index (κ1) is 17.5. The van der Waals surface area contributed by atoms with Crippen molar-refractivity contribution in [1.29, 1.82) is 0 Å². The highest BCUT2D eigenvalue weighted by Crippen LogP contribution is 2.32. The Kier molecular flexibility index (Phi) is 5.52. The minimum absolute atomic E-state index is 0.176. The first-order valence-electron chi connectivity index (χ1n) is 7.91. The van der Waals surface area contributed by atoms with Gasteiger partial charge in [-0.25, -0.2) is 4.98 Å². The van der Waals surface area contributed by atoms with Crippen LogP contribution in [-0.2, 0) is 4.79 Å². The zero-order chi connectivity index (χ0) is 18.4. The quantitative estimate of drug-likeness (QED) is 0.552. The Morgan fingerprint density at radius 1 is 1.38 bits per heavy atom. The second kappa shape index (κ2) is 8.19. The molecule has 0 aliphatic heterocycles. The second-order valence-electron chi connectivity index (χ2n) is 5.30. The van der Waals surface area contributed by atoms with E-state index in [1.54, 1.807) is 19.3 Å². The predicted octanol–water partition coefficient (Wildman–Crippen LogP) is 3.07. The van der Waals surface area contributed by atoms with Crippen LogP contribution in [0, 0.1) is 11.8 Å². The molecule has 0 fully saturated rings. The number of nitrogens with zero attached hydrogens (tertiary/aromatic N) is 1. The number of nitrogen functional groups attached to an aromatic ring is 1. The summed E-state index contributed by atoms with van der Waals surface area (Å²) < 4.78 is 6.52. The number of anilines is 1. The van der Waals surface area contributed by atoms with Crippen LogP contribution in [0.3, 0.4) is 0 Å². The number of fused-ring (bicyclic) bond motifs is 1. The van der Waals surface area contributed by atoms with Gasteiger partial charge in [-0.3, -0.25) is 4.79 Å². The number of amides is 1. The van der Waals surface area contributed by atoms with Crippen molar-refractivity contribution in [2.45, 2.75) is 0 Å². The van der Waals surface area contributed by atoms with Gasteiger partial charge >= 0.3 is 0 Å². The molecule has 0 saturated carbocycles. The maximum Gasteiger partial charge on any atom is 0.243 e. The number of hydrogen-bond donors (Lipinski definition) is 2. The largest absolute Gasteiger partial charge is 0.481 e. The summed E-state index contributed by atoms with van der Waals surface area (Å²) in [4.78, 5) is 15.6. The lowest BCUT2D eigenvalue weighted by molar-refractivity contribution is -0.115. The molecule has 6 heteroatoms. The molecular formula is C20H17N3O2S. The fourth-order valence-electron chi connectivity index (χ4n) is 2.31. The van der Waals surface area contributed by atoms with Gasteiger partial charge in [0.15, 0.2) is 0 Å². The lowest BCUT2D eigenvalue weighted by atomic mass is 10.1. The normalized spacial score (nSPS) is 10.5. The monoisotopic (exact) mass is 363 g/mol. The summed E-state index contributed by atoms with van der Waals surface area (Å²) in [6.45, 7) is 0.283. The van der Waals surface area contributed by atoms with Gasteiger partial charge < -0.3 is 15.8 Å². The molecule has 0 radical (unpaired) electrons. The van der Waals surface area contributed by atoms with E-state index in [1.807, 2.05) is 35.7 Å². The average Bonchev–Trinajstić information content (AvgIpc) is 3.10. The highest BCUT2D eigenvalue weighted by Gasteiger charge is 2.10. The molecule has 26 heavy (non-hydrogen) atoms. The third kappa shape index (κ3) is 4.02. The number of nitrogens with one attached hydrogen (secondary N) is 1. The van der Waals surface area contributed by atoms with Gasteiger partial charge in [0.05, 0.1) is 5.39 Å². The Hall–Kier alpha value is -3.30. The van der Waals surface area contributed by atoms with E-state index < -0.39 is 0 Å². The summed E-state index contributed by atoms with van der Waals surface area (Å²) in [5.74, 6) is 7.12. The molecule has 0 saturated heterocycles. The summed E-state index contributed by atoms with van der Waals surface area (Å²) in [6, 6.07) is 9.52. The van der Waals surface area contributed by atoms with E-state index in [-0.39, 0.29) is 12.5 Å². The molecule has 0 aliphatic rings. The number of rotatable bonds is 4. The third-order valence-corrected chi connectivity index (χ3v) is 4.62. The fraction of sp³-hybridized carbons (Fsp3) is 0.100. The number of benzene rings is 1. The van der Waals surface area contributed by atoms with Crippen molar-refractivity contribution < 1.29 is 9.53 Å². The van der Waals surface area contributed by atoms with Gasteiger partial charge in [-0.2, -0.15) is 0 Å². The number of thiophene rings is 1. The van der Waals surface area contributed by atoms with Crippen molar-refractivity contribution in [3.8, 4) is 17.6 Å². The van der Waals surface area contributed by atoms with E-state index in [0.717, 1.165) is 27.0 Å². The maximum absolute atomic E-state index is 11.4. The lowest BCUT2D eigenvalue weighted by Crippen LogP contribution is -2.13. The molecule has 3 rings (SSSR count). The van der Waals surface area contributed by atoms with Crippen LogP contribution >= 0.6 is 11.3 Å². The molecule has 0 unspecified atom stereocenters. The molecule has 1 aromatic carbocycles. The summed E-state index contributed by atoms with van der Waals surface area (Å²) in [6.07, 6.45) is 4.84. The van der Waals surface area contributed by atoms with Crippen molar-refractivity contribution in [3.05, 3.63) is 59.1 Å². The van der Waals surface area contributed by atoms with Crippen LogP contribution in [0.15, 0.2) is 48.0 Å². The third-order valence-electron chi connectivity index (χ3n) is 3.59. The number of pyridine rings is 1. The van der Waals surface area contributed by atoms with Crippen LogP contribution in [0.5, 0.6) is 5.75 Å². The number of likely N-dealkylation sites (N-methyl/N-ethyl adjacent to an activating group) is 1. The summed E-state index contributed by atoms with van der Waals surface area (Å²) in [5, 5.41) is 5.29. The molecule has 130 valence electrons. The fourth-order valence-corrected chi connectivity index (χ4v) is 3.32. The zero-order valence-corrected chi connectivity index (χ0v) is 15.0. The number of carbonyl (C=O) groups excluding carboxylic acids is 1. The van der Waals surface area contributed by atoms with Gasteiger partial charge in [-0.1, -0.05) is 30.0 Å². The van der Waals surface area contributed by atoms with Crippen LogP contribution in [0.25, 0.3) is 16.2 Å². The average molecular weight is 363 g/mol. The lowest BCUT2D eigenvalue weighted by Gasteiger charge is -2.01. The Labute approximate surface area is 155 Å². The number of hydrogen-bond acceptors (Lipinski definition) is 5. The van der Waals surface area contributed by atoms with Crippen molar-refractivity contribution >= 4 is 39.2 Å². The number of carbonyl (C=O) groups is 1. The van der Waals surface area contributed by atoms with Gasteiger partial charge in [0, 0.05) is 40.5 Å². The maximum atomic E-state index is 11.4. The highest BCUT2D eigenvalue weighted by atomic mass is 32.1. The molecule has 1 amide bonds. The Morgan fingerprint density at radius 3 is 2.96 bits per heavy atom. The van der Waals surface area contributed by atoms with E-state index in [2.05, 4.69) is 22.1 Å². The standard InChI is InChI=1S/C20H17N3O2S/c1-22-17(24)10-9-14-12-23-20(21)18-15(13-26-19(14)18)6-5-11-25-16-7-3-2-4-8-16/h2-4,7-10,12-13H,11H2,1H3,(H2,21,23)(H,22,24). The summed E-state index contributed by atoms with van der Waals surface area (Å²) in [7, 11) is 1.58. The topological polar surface area (TPSA) is 77.2 Å². The van der Waals surface area contributed by atoms with Gasteiger partial charge in [-0.05, 0) is 18.2 Å². The van der Waals surface area contributed by atoms with Crippen LogP contribution in [0.1, 0.15) is 11.1 Å². The number of ether oxygens (including phenoxy) is 1. The second-order valence-corrected chi connectivity index (χ2v) is 6.18. The summed E-state index contributed by atoms with van der Waals surface area (Å²) >= 11 is 1.52. The number of nitrogens with two attached hydrogens (primary N) is 1. The van der Waals surface area contributed by atoms with Gasteiger partial charge in [0.1, 0.15) is 18.2 Å². The highest BCUT2D eigenvalue weighted by molar-refractivity contribution is 7.17. The minimum atomic E-state index is -0.176. The molecular weight excluding hydrogens is 346 g/mol. The van der Waals surface area contributed by atoms with Crippen molar-refractivity contribution in [3.63, 3.8) is 0 Å². The van der Waals surface area contributed by atoms with Crippen molar-refractivity contribution in [2.75, 3.05) is 19.4 Å². The van der Waals surface area contributed by atoms with Crippen molar-refractivity contribution in [1.82, 2.24) is 10.3 Å². The van der Waals surface area contributed by atoms with E-state index in [9.17, 15) is 4.79 Å². The number of aromatic nitrogens is 1. The number of para-hydroxylation sites is 1. The first-order chi connectivity index (χ1) is 12.7. The molecule has 3 aromatic rings. The zero-order valence-electron chi connectivity index (χ0n) is 14.2. The van der Waals surface area contributed by atoms with Gasteiger partial charge in [0.2, 0.25) is 5.91 Å². The molecule has 0 aliphatic carbocycles. The van der Waals surface area contributed by atoms with E-state index in [1.165, 1.54) is 17.4 Å². The Morgan fingerprint density at radius 2 is 2.19 bits per heavy atom. The molecule has 0 atom stereocenters. The van der Waals surface area contributed by atoms with Crippen LogP contribution in [0.2, 0.25) is 0 Å². The van der Waals surface area contributed by atoms with Crippen LogP contribution in [-0.4, -0.2) is 24.5 Å². The van der Waals surface area contributed by atoms with Crippen LogP contribution in [0.4, 0.5) is 5.82 Å². The SMILES string of the molecule is CNC(=O)C=Cc1cnc(N)c2c(C#CCOc3ccccc3)csc12. The molecule has 0 bridgehead atoms. The van der Waals surface area contributed by atoms with E-state index >= 15 is 0 Å². The molecule has 2 heterocycles.